The maximum absolute atomic E-state index is 12.1. The van der Waals surface area contributed by atoms with E-state index in [2.05, 4.69) is 36.4 Å². The molecular weight excluding hydrogens is 238 g/mol. The third-order valence-electron chi connectivity index (χ3n) is 3.49. The highest BCUT2D eigenvalue weighted by atomic mass is 16.1. The molecule has 1 rings (SSSR count). The normalized spacial score (nSPS) is 12.3. The minimum absolute atomic E-state index is 0.0980. The number of rotatable bonds is 7. The smallest absolute Gasteiger partial charge is 0.270 e. The van der Waals surface area contributed by atoms with Crippen LogP contribution < -0.4 is 10.6 Å². The highest BCUT2D eigenvalue weighted by Gasteiger charge is 2.17. The largest absolute Gasteiger partial charge is 0.385 e. The Morgan fingerprint density at radius 3 is 2.58 bits per heavy atom. The maximum Gasteiger partial charge on any atom is 0.270 e. The lowest BCUT2D eigenvalue weighted by atomic mass is 9.95. The maximum atomic E-state index is 12.1. The lowest BCUT2D eigenvalue weighted by Crippen LogP contribution is -2.38. The van der Waals surface area contributed by atoms with Crippen LogP contribution in [0.1, 0.15) is 51.0 Å². The van der Waals surface area contributed by atoms with E-state index in [1.54, 1.807) is 12.3 Å². The molecule has 2 N–H and O–H groups in total. The van der Waals surface area contributed by atoms with Gasteiger partial charge >= 0.3 is 0 Å². The minimum atomic E-state index is -0.0980. The Morgan fingerprint density at radius 2 is 2.00 bits per heavy atom. The van der Waals surface area contributed by atoms with Gasteiger partial charge in [-0.3, -0.25) is 9.78 Å². The molecule has 1 amide bonds. The summed E-state index contributed by atoms with van der Waals surface area (Å²) < 4.78 is 0. The summed E-state index contributed by atoms with van der Waals surface area (Å²) in [4.78, 5) is 16.3. The number of pyridine rings is 1. The van der Waals surface area contributed by atoms with Crippen molar-refractivity contribution in [2.45, 2.75) is 46.6 Å². The number of anilines is 1. The molecule has 0 radical (unpaired) electrons. The van der Waals surface area contributed by atoms with Crippen molar-refractivity contribution in [3.05, 3.63) is 24.0 Å². The van der Waals surface area contributed by atoms with Crippen LogP contribution in [0.25, 0.3) is 0 Å². The number of nitrogens with one attached hydrogen (secondary N) is 2. The average molecular weight is 263 g/mol. The molecule has 4 heteroatoms. The summed E-state index contributed by atoms with van der Waals surface area (Å²) in [6, 6.07) is 3.83. The first-order valence-electron chi connectivity index (χ1n) is 7.13. The van der Waals surface area contributed by atoms with E-state index in [-0.39, 0.29) is 11.9 Å². The number of amides is 1. The zero-order valence-electron chi connectivity index (χ0n) is 12.4. The van der Waals surface area contributed by atoms with E-state index in [0.29, 0.717) is 11.6 Å². The number of nitrogens with zero attached hydrogens (tertiary/aromatic N) is 1. The third kappa shape index (κ3) is 4.54. The van der Waals surface area contributed by atoms with E-state index in [4.69, 9.17) is 0 Å². The second-order valence-corrected chi connectivity index (χ2v) is 4.80. The summed E-state index contributed by atoms with van der Waals surface area (Å²) in [5, 5.41) is 6.22. The second kappa shape index (κ2) is 7.77. The van der Waals surface area contributed by atoms with Gasteiger partial charge in [-0.25, -0.2) is 0 Å². The van der Waals surface area contributed by atoms with Crippen molar-refractivity contribution in [3.63, 3.8) is 0 Å². The average Bonchev–Trinajstić information content (AvgIpc) is 2.40. The number of carbonyl (C=O) groups is 1. The highest BCUT2D eigenvalue weighted by Crippen LogP contribution is 2.14. The van der Waals surface area contributed by atoms with Crippen molar-refractivity contribution < 1.29 is 4.79 Å². The van der Waals surface area contributed by atoms with Gasteiger partial charge in [0.1, 0.15) is 5.69 Å². The van der Waals surface area contributed by atoms with Gasteiger partial charge in [-0.2, -0.15) is 0 Å². The fourth-order valence-electron chi connectivity index (χ4n) is 2.26. The van der Waals surface area contributed by atoms with Gasteiger partial charge in [-0.1, -0.05) is 26.7 Å². The monoisotopic (exact) mass is 263 g/mol. The number of carbonyl (C=O) groups excluding carboxylic acids is 1. The second-order valence-electron chi connectivity index (χ2n) is 4.80. The van der Waals surface area contributed by atoms with Crippen LogP contribution >= 0.6 is 0 Å². The molecule has 0 aliphatic heterocycles. The molecule has 1 heterocycles. The molecular formula is C15H25N3O. The summed E-state index contributed by atoms with van der Waals surface area (Å²) >= 11 is 0. The predicted octanol–water partition coefficient (Wildman–Crippen LogP) is 3.07. The summed E-state index contributed by atoms with van der Waals surface area (Å²) in [7, 11) is 0. The van der Waals surface area contributed by atoms with Crippen LogP contribution in [0.2, 0.25) is 0 Å². The topological polar surface area (TPSA) is 54.0 Å². The molecule has 0 spiro atoms. The molecule has 0 aliphatic carbocycles. The first kappa shape index (κ1) is 15.5. The molecule has 0 saturated carbocycles. The SMILES string of the molecule is CCNc1ccnc(C(=O)NC(C)C(CC)CC)c1. The Labute approximate surface area is 116 Å². The first-order chi connectivity index (χ1) is 9.12. The van der Waals surface area contributed by atoms with Gasteiger partial charge in [0, 0.05) is 24.5 Å². The van der Waals surface area contributed by atoms with Gasteiger partial charge in [-0.15, -0.1) is 0 Å². The first-order valence-corrected chi connectivity index (χ1v) is 7.13. The zero-order valence-corrected chi connectivity index (χ0v) is 12.4. The van der Waals surface area contributed by atoms with E-state index in [9.17, 15) is 4.79 Å². The van der Waals surface area contributed by atoms with Crippen molar-refractivity contribution in [2.75, 3.05) is 11.9 Å². The molecule has 1 aromatic rings. The van der Waals surface area contributed by atoms with Gasteiger partial charge in [0.05, 0.1) is 0 Å². The lowest BCUT2D eigenvalue weighted by Gasteiger charge is -2.22. The van der Waals surface area contributed by atoms with Crippen LogP contribution in [0, 0.1) is 5.92 Å². The van der Waals surface area contributed by atoms with Gasteiger partial charge < -0.3 is 10.6 Å². The molecule has 0 saturated heterocycles. The van der Waals surface area contributed by atoms with Gasteiger partial charge in [0.15, 0.2) is 0 Å². The standard InChI is InChI=1S/C15H25N3O/c1-5-12(6-2)11(4)18-15(19)14-10-13(16-7-3)8-9-17-14/h8-12H,5-7H2,1-4H3,(H,16,17)(H,18,19). The van der Waals surface area contributed by atoms with Crippen LogP contribution in [0.4, 0.5) is 5.69 Å². The van der Waals surface area contributed by atoms with Gasteiger partial charge in [0.2, 0.25) is 0 Å². The van der Waals surface area contributed by atoms with Crippen LogP contribution in [-0.2, 0) is 0 Å². The van der Waals surface area contributed by atoms with Gasteiger partial charge in [0.25, 0.3) is 5.91 Å². The third-order valence-corrected chi connectivity index (χ3v) is 3.49. The molecule has 19 heavy (non-hydrogen) atoms. The Balaban J connectivity index is 2.69. The lowest BCUT2D eigenvalue weighted by molar-refractivity contribution is 0.0920. The van der Waals surface area contributed by atoms with Crippen molar-refractivity contribution >= 4 is 11.6 Å². The Hall–Kier alpha value is -1.58. The number of hydrogen-bond donors (Lipinski definition) is 2. The van der Waals surface area contributed by atoms with E-state index < -0.39 is 0 Å². The molecule has 1 unspecified atom stereocenters. The van der Waals surface area contributed by atoms with E-state index in [1.165, 1.54) is 0 Å². The van der Waals surface area contributed by atoms with Gasteiger partial charge in [-0.05, 0) is 31.9 Å². The summed E-state index contributed by atoms with van der Waals surface area (Å²) in [5.41, 5.74) is 1.40. The van der Waals surface area contributed by atoms with Crippen LogP contribution in [0.5, 0.6) is 0 Å². The minimum Gasteiger partial charge on any atom is -0.385 e. The predicted molar refractivity (Wildman–Crippen MR) is 79.4 cm³/mol. The zero-order chi connectivity index (χ0) is 14.3. The summed E-state index contributed by atoms with van der Waals surface area (Å²) in [6.07, 6.45) is 3.81. The summed E-state index contributed by atoms with van der Waals surface area (Å²) in [6.45, 7) is 9.22. The van der Waals surface area contributed by atoms with Crippen LogP contribution in [0.3, 0.4) is 0 Å². The molecule has 1 atom stereocenters. The van der Waals surface area contributed by atoms with E-state index >= 15 is 0 Å². The van der Waals surface area contributed by atoms with Crippen molar-refractivity contribution in [3.8, 4) is 0 Å². The molecule has 0 bridgehead atoms. The number of aromatic nitrogens is 1. The van der Waals surface area contributed by atoms with Crippen molar-refractivity contribution in [1.29, 1.82) is 0 Å². The Bertz CT molecular complexity index is 402. The van der Waals surface area contributed by atoms with Crippen molar-refractivity contribution in [2.24, 2.45) is 5.92 Å². The summed E-state index contributed by atoms with van der Waals surface area (Å²) in [5.74, 6) is 0.417. The quantitative estimate of drug-likeness (QED) is 0.795. The Kier molecular flexibility index (Phi) is 6.33. The molecule has 1 aromatic heterocycles. The van der Waals surface area contributed by atoms with E-state index in [0.717, 1.165) is 25.1 Å². The van der Waals surface area contributed by atoms with Crippen LogP contribution in [-0.4, -0.2) is 23.5 Å². The Morgan fingerprint density at radius 1 is 1.32 bits per heavy atom. The molecule has 4 nitrogen and oxygen atoms in total. The van der Waals surface area contributed by atoms with E-state index in [1.807, 2.05) is 13.0 Å². The fraction of sp³-hybridized carbons (Fsp3) is 0.600. The molecule has 0 fully saturated rings. The fourth-order valence-corrected chi connectivity index (χ4v) is 2.26. The number of hydrogen-bond acceptors (Lipinski definition) is 3. The molecule has 106 valence electrons. The molecule has 0 aliphatic rings. The van der Waals surface area contributed by atoms with Crippen molar-refractivity contribution in [1.82, 2.24) is 10.3 Å². The highest BCUT2D eigenvalue weighted by molar-refractivity contribution is 5.93. The van der Waals surface area contributed by atoms with Crippen LogP contribution in [0.15, 0.2) is 18.3 Å². The molecule has 0 aromatic carbocycles.